The number of phenolic OH excluding ortho intramolecular Hbond substituents is 1. The Morgan fingerprint density at radius 1 is 1.03 bits per heavy atom. The molecular formula is C41H64ClN9O14S. The first-order valence-electron chi connectivity index (χ1n) is 21.6. The second kappa shape index (κ2) is 24.5. The van der Waals surface area contributed by atoms with Crippen molar-refractivity contribution in [2.45, 2.75) is 134 Å². The quantitative estimate of drug-likeness (QED) is 0.0308. The number of ether oxygens (including phenoxy) is 1. The summed E-state index contributed by atoms with van der Waals surface area (Å²) < 4.78 is 33.5. The molecule has 66 heavy (non-hydrogen) atoms. The van der Waals surface area contributed by atoms with Crippen molar-refractivity contribution in [2.24, 2.45) is 17.6 Å². The fraction of sp³-hybridized carbons (Fsp3) is 0.659. The van der Waals surface area contributed by atoms with Crippen molar-refractivity contribution < 1.29 is 66.2 Å². The maximum absolute atomic E-state index is 14.9. The van der Waals surface area contributed by atoms with Crippen molar-refractivity contribution in [1.82, 2.24) is 36.4 Å². The van der Waals surface area contributed by atoms with Crippen molar-refractivity contribution in [3.63, 3.8) is 0 Å². The number of phenols is 1. The topological polar surface area (TPSA) is 349 Å². The van der Waals surface area contributed by atoms with Crippen LogP contribution >= 0.6 is 11.6 Å². The van der Waals surface area contributed by atoms with E-state index in [2.05, 4.69) is 30.8 Å². The van der Waals surface area contributed by atoms with E-state index in [0.717, 1.165) is 9.80 Å². The Balaban J connectivity index is 2.26. The number of nitrogens with zero attached hydrogens (tertiary/aromatic N) is 2. The molecule has 2 bridgehead atoms. The third-order valence-electron chi connectivity index (χ3n) is 11.7. The fourth-order valence-corrected chi connectivity index (χ4v) is 7.95. The van der Waals surface area contributed by atoms with E-state index in [-0.39, 0.29) is 61.8 Å². The highest BCUT2D eigenvalue weighted by Crippen LogP contribution is 2.29. The van der Waals surface area contributed by atoms with Gasteiger partial charge in [-0.2, -0.15) is 8.42 Å². The lowest BCUT2D eigenvalue weighted by Crippen LogP contribution is -2.66. The zero-order valence-corrected chi connectivity index (χ0v) is 39.6. The molecule has 23 nitrogen and oxygen atoms in total. The standard InChI is InChI=1S/C41H64ClN9O14S/c1-8-20(3)31-40(61)65-22(5)32(49-36(57)29(53)19-64-66(7,62)63)37(58)46-25(11-10-16-45-41(43)44)34(55)47-26-13-15-30(54)51(38(26)59)33(21(4)9-2)39(60)50(6)27(35(56)48-31)18-23-12-14-28(52)24(42)17-23/h12,14,17,20-22,25-27,29-33,52-54H,8-11,13,15-16,18-19H2,1-7H3,(H,46,58)(H,47,55)(H,48,56)(H,49,57)(H4,43,44,45)/t20-,21-,22+,25-,26-,27-,29+,30+,31-,32-,33-/m0/s1. The fourth-order valence-electron chi connectivity index (χ4n) is 7.37. The Morgan fingerprint density at radius 3 is 2.27 bits per heavy atom. The molecule has 2 saturated heterocycles. The van der Waals surface area contributed by atoms with Gasteiger partial charge in [-0.1, -0.05) is 58.2 Å². The number of aromatic hydroxyl groups is 1. The Morgan fingerprint density at radius 2 is 1.68 bits per heavy atom. The third-order valence-corrected chi connectivity index (χ3v) is 12.5. The largest absolute Gasteiger partial charge is 0.506 e. The van der Waals surface area contributed by atoms with Crippen LogP contribution in [0.2, 0.25) is 5.02 Å². The van der Waals surface area contributed by atoms with Gasteiger partial charge in [-0.25, -0.2) is 4.79 Å². The number of esters is 1. The number of nitrogens with one attached hydrogen (secondary N) is 6. The number of amides is 6. The molecule has 3 rings (SSSR count). The highest BCUT2D eigenvalue weighted by Gasteiger charge is 2.47. The van der Waals surface area contributed by atoms with Crippen molar-refractivity contribution in [1.29, 1.82) is 5.41 Å². The van der Waals surface area contributed by atoms with E-state index in [1.54, 1.807) is 27.7 Å². The van der Waals surface area contributed by atoms with Crippen LogP contribution in [0.5, 0.6) is 5.75 Å². The summed E-state index contributed by atoms with van der Waals surface area (Å²) in [7, 11) is -2.82. The summed E-state index contributed by atoms with van der Waals surface area (Å²) in [5.74, 6) is -8.95. The summed E-state index contributed by atoms with van der Waals surface area (Å²) in [4.78, 5) is 102. The number of carbonyl (C=O) groups excluding carboxylic acids is 7. The minimum absolute atomic E-state index is 0.0493. The van der Waals surface area contributed by atoms with Gasteiger partial charge in [-0.15, -0.1) is 0 Å². The molecule has 0 spiro atoms. The van der Waals surface area contributed by atoms with Gasteiger partial charge in [-0.05, 0) is 62.1 Å². The number of hydrogen-bond donors (Lipinski definition) is 10. The highest BCUT2D eigenvalue weighted by atomic mass is 35.5. The molecule has 25 heteroatoms. The molecule has 0 radical (unpaired) electrons. The van der Waals surface area contributed by atoms with Crippen molar-refractivity contribution in [3.05, 3.63) is 28.8 Å². The summed E-state index contributed by atoms with van der Waals surface area (Å²) in [6.45, 7) is 6.95. The SMILES string of the molecule is CC[C@H](C)[C@@H]1NC(=O)[C@H](Cc2ccc(O)c(Cl)c2)N(C)C(=O)[C@H]([C@@H](C)CC)N2C(=O)[C@H](CC[C@H]2O)NC(=O)[C@H](CCCNC(=N)N)NC(=O)[C@@H](NC(=O)[C@H](O)COS(C)(=O)=O)[C@@H](C)OC1=O. The van der Waals surface area contributed by atoms with Crippen molar-refractivity contribution >= 4 is 69.1 Å². The van der Waals surface area contributed by atoms with Crippen LogP contribution in [0, 0.1) is 17.2 Å². The molecule has 0 aliphatic carbocycles. The predicted molar refractivity (Wildman–Crippen MR) is 237 cm³/mol. The first kappa shape index (κ1) is 55.0. The molecule has 1 aromatic rings. The van der Waals surface area contributed by atoms with Crippen LogP contribution in [-0.4, -0.2) is 162 Å². The maximum Gasteiger partial charge on any atom is 0.329 e. The van der Waals surface area contributed by atoms with Gasteiger partial charge in [0.05, 0.1) is 11.3 Å². The number of aliphatic hydroxyl groups excluding tert-OH is 2. The van der Waals surface area contributed by atoms with E-state index in [4.69, 9.17) is 27.5 Å². The molecule has 6 amide bonds. The molecule has 2 fully saturated rings. The molecule has 2 aliphatic heterocycles. The summed E-state index contributed by atoms with van der Waals surface area (Å²) in [5.41, 5.74) is 5.79. The van der Waals surface area contributed by atoms with Gasteiger partial charge in [0, 0.05) is 20.0 Å². The molecule has 370 valence electrons. The van der Waals surface area contributed by atoms with Crippen LogP contribution in [-0.2, 0) is 59.0 Å². The van der Waals surface area contributed by atoms with Gasteiger partial charge in [-0.3, -0.25) is 38.4 Å². The van der Waals surface area contributed by atoms with Crippen LogP contribution in [0.25, 0.3) is 0 Å². The normalized spacial score (nSPS) is 26.6. The maximum atomic E-state index is 14.9. The second-order valence-corrected chi connectivity index (χ2v) is 18.7. The molecule has 2 heterocycles. The average Bonchev–Trinajstić information content (AvgIpc) is 3.25. The summed E-state index contributed by atoms with van der Waals surface area (Å²) in [6.07, 6.45) is -4.59. The highest BCUT2D eigenvalue weighted by molar-refractivity contribution is 7.86. The number of likely N-dealkylation sites (N-methyl/N-ethyl adjacent to an activating group) is 1. The number of rotatable bonds is 15. The average molecular weight is 975 g/mol. The minimum Gasteiger partial charge on any atom is -0.506 e. The molecule has 11 N–H and O–H groups in total. The smallest absolute Gasteiger partial charge is 0.329 e. The minimum atomic E-state index is -4.14. The van der Waals surface area contributed by atoms with E-state index < -0.39 is 125 Å². The molecule has 11 atom stereocenters. The number of carbonyl (C=O) groups is 7. The predicted octanol–water partition coefficient (Wildman–Crippen LogP) is -1.70. The first-order chi connectivity index (χ1) is 30.8. The number of halogens is 1. The second-order valence-electron chi connectivity index (χ2n) is 16.7. The van der Waals surface area contributed by atoms with E-state index in [1.165, 1.54) is 32.2 Å². The number of cyclic esters (lactones) is 1. The van der Waals surface area contributed by atoms with Crippen LogP contribution in [0.3, 0.4) is 0 Å². The van der Waals surface area contributed by atoms with Gasteiger partial charge >= 0.3 is 5.97 Å². The lowest BCUT2D eigenvalue weighted by Gasteiger charge is -2.44. The van der Waals surface area contributed by atoms with E-state index >= 15 is 0 Å². The molecule has 0 aromatic heterocycles. The zero-order chi connectivity index (χ0) is 49.8. The van der Waals surface area contributed by atoms with Crippen LogP contribution in [0.15, 0.2) is 18.2 Å². The van der Waals surface area contributed by atoms with Gasteiger partial charge < -0.3 is 62.2 Å². The molecule has 2 aliphatic rings. The Hall–Kier alpha value is -5.30. The monoisotopic (exact) mass is 973 g/mol. The number of guanidine groups is 1. The molecule has 0 unspecified atom stereocenters. The zero-order valence-electron chi connectivity index (χ0n) is 38.0. The first-order valence-corrected chi connectivity index (χ1v) is 23.8. The van der Waals surface area contributed by atoms with Crippen LogP contribution < -0.4 is 32.3 Å². The molecule has 1 aromatic carbocycles. The Bertz CT molecular complexity index is 2060. The van der Waals surface area contributed by atoms with Crippen LogP contribution in [0.4, 0.5) is 0 Å². The number of fused-ring (bicyclic) bond motifs is 2. The van der Waals surface area contributed by atoms with E-state index in [0.29, 0.717) is 18.2 Å². The van der Waals surface area contributed by atoms with Crippen molar-refractivity contribution in [2.75, 3.05) is 26.5 Å². The lowest BCUT2D eigenvalue weighted by atomic mass is 9.91. The van der Waals surface area contributed by atoms with Gasteiger partial charge in [0.2, 0.25) is 29.5 Å². The summed E-state index contributed by atoms with van der Waals surface area (Å²) in [6, 6.07) is -4.93. The van der Waals surface area contributed by atoms with E-state index in [1.807, 2.05) is 0 Å². The molecular weight excluding hydrogens is 910 g/mol. The summed E-state index contributed by atoms with van der Waals surface area (Å²) in [5, 5.41) is 52.0. The third kappa shape index (κ3) is 15.1. The summed E-state index contributed by atoms with van der Waals surface area (Å²) >= 11 is 6.23. The number of nitrogens with two attached hydrogens (primary N) is 1. The Labute approximate surface area is 388 Å². The van der Waals surface area contributed by atoms with Gasteiger partial charge in [0.15, 0.2) is 12.1 Å². The van der Waals surface area contributed by atoms with Gasteiger partial charge in [0.25, 0.3) is 16.0 Å². The van der Waals surface area contributed by atoms with Crippen molar-refractivity contribution in [3.8, 4) is 5.75 Å². The number of piperidine rings is 1. The number of aliphatic hydroxyl groups is 2. The number of benzene rings is 1. The van der Waals surface area contributed by atoms with E-state index in [9.17, 15) is 57.3 Å². The molecule has 0 saturated carbocycles. The van der Waals surface area contributed by atoms with Crippen LogP contribution in [0.1, 0.15) is 78.7 Å². The lowest BCUT2D eigenvalue weighted by molar-refractivity contribution is -0.168. The van der Waals surface area contributed by atoms with Gasteiger partial charge in [0.1, 0.15) is 60.9 Å². The Kier molecular flexibility index (Phi) is 20.4. The number of hydrogen-bond acceptors (Lipinski definition) is 15.